The third-order valence-corrected chi connectivity index (χ3v) is 32.2. The summed E-state index contributed by atoms with van der Waals surface area (Å²) in [7, 11) is -9.86. The summed E-state index contributed by atoms with van der Waals surface area (Å²) in [5.74, 6) is 8.36. The first-order valence-corrected chi connectivity index (χ1v) is 27.9. The molecular formula is C55H67N5O2Si2. The van der Waals surface area contributed by atoms with Crippen LogP contribution in [0.25, 0.3) is 0 Å². The van der Waals surface area contributed by atoms with Gasteiger partial charge in [0.25, 0.3) is 0 Å². The Hall–Kier alpha value is -5.32. The Balaban J connectivity index is 1.58. The van der Waals surface area contributed by atoms with Crippen LogP contribution in [0.1, 0.15) is 130 Å². The average molecular weight is 886 g/mol. The summed E-state index contributed by atoms with van der Waals surface area (Å²) >= 11 is 0. The number of benzene rings is 5. The normalized spacial score (nSPS) is 21.7. The monoisotopic (exact) mass is 885 g/mol. The van der Waals surface area contributed by atoms with Crippen LogP contribution in [-0.4, -0.2) is 73.1 Å². The van der Waals surface area contributed by atoms with Crippen molar-refractivity contribution < 1.29 is 17.3 Å². The Bertz CT molecular complexity index is 2820. The molecule has 7 nitrogen and oxygen atoms in total. The summed E-state index contributed by atoms with van der Waals surface area (Å²) in [6, 6.07) is 42.2. The van der Waals surface area contributed by atoms with Gasteiger partial charge in [-0.3, -0.25) is 0 Å². The van der Waals surface area contributed by atoms with E-state index in [0.717, 1.165) is 72.6 Å². The first-order valence-electron chi connectivity index (χ1n) is 23.3. The fourth-order valence-corrected chi connectivity index (χ4v) is 37.0. The second-order valence-electron chi connectivity index (χ2n) is 23.6. The van der Waals surface area contributed by atoms with Crippen molar-refractivity contribution in [1.82, 2.24) is 9.13 Å². The van der Waals surface area contributed by atoms with E-state index in [-0.39, 0.29) is 5.41 Å². The molecule has 5 aromatic rings. The van der Waals surface area contributed by atoms with Gasteiger partial charge in [0.15, 0.2) is 0 Å². The van der Waals surface area contributed by atoms with E-state index in [1.165, 1.54) is 4.82 Å². The molecule has 0 aromatic heterocycles. The van der Waals surface area contributed by atoms with Crippen LogP contribution in [0.3, 0.4) is 0 Å². The van der Waals surface area contributed by atoms with Crippen molar-refractivity contribution in [2.75, 3.05) is 0 Å². The van der Waals surface area contributed by atoms with Crippen molar-refractivity contribution in [2.24, 2.45) is 4.99 Å². The van der Waals surface area contributed by atoms with Gasteiger partial charge in [-0.2, -0.15) is 0 Å². The van der Waals surface area contributed by atoms with Crippen LogP contribution in [0.15, 0.2) is 125 Å². The molecule has 6 heterocycles. The van der Waals surface area contributed by atoms with Gasteiger partial charge in [0.1, 0.15) is 0 Å². The molecule has 2 spiro atoms. The molecule has 0 radical (unpaired) electrons. The summed E-state index contributed by atoms with van der Waals surface area (Å²) < 4.78 is 28.3. The molecule has 5 aromatic carbocycles. The number of ether oxygens (including phenoxy) is 1. The summed E-state index contributed by atoms with van der Waals surface area (Å²) in [5.41, 5.74) is 5.58. The van der Waals surface area contributed by atoms with Gasteiger partial charge < -0.3 is 0 Å². The SMILES string of the molecule is Cc1cccc(C)c1N=C=C1[Si-]23(O[Si-]14(c1cccc5c1Oc1c(cccc12)C5(C)C)N(C(C)(C)C)C(c1ccccc1)=[N+]4C(C)(C)C)N(C(C)(C)C)C(c1ccccc1)=[N+]3C(C)(C)C. The van der Waals surface area contributed by atoms with Crippen LogP contribution in [-0.2, 0) is 9.53 Å². The van der Waals surface area contributed by atoms with Gasteiger partial charge in [0.2, 0.25) is 0 Å². The third-order valence-electron chi connectivity index (χ3n) is 14.8. The van der Waals surface area contributed by atoms with Crippen LogP contribution in [0, 0.1) is 13.8 Å². The Labute approximate surface area is 382 Å². The fourth-order valence-electron chi connectivity index (χ4n) is 13.4. The third kappa shape index (κ3) is 4.69. The maximum absolute atomic E-state index is 9.46. The Morgan fingerprint density at radius 3 is 1.30 bits per heavy atom. The topological polar surface area (TPSA) is 43.3 Å². The molecule has 0 unspecified atom stereocenters. The molecule has 0 saturated carbocycles. The molecule has 0 atom stereocenters. The van der Waals surface area contributed by atoms with Gasteiger partial charge in [-0.25, -0.2) is 0 Å². The molecule has 0 amide bonds. The summed E-state index contributed by atoms with van der Waals surface area (Å²) in [6.07, 6.45) is 0. The second-order valence-corrected chi connectivity index (χ2v) is 33.0. The Morgan fingerprint density at radius 1 is 0.531 bits per heavy atom. The molecule has 6 aliphatic rings. The molecule has 1 fully saturated rings. The molecule has 4 bridgehead atoms. The van der Waals surface area contributed by atoms with Gasteiger partial charge in [-0.1, -0.05) is 0 Å². The standard InChI is InChI=1S/C55H67N5O2Si2/c1-37-26-23-27-38(2)46(37)56-36-45-63(57(51(3,4)5)49(58(63)52(6,7)8)39-28-19-17-20-29-39)43-34-24-32-41-47(43)61-48-42(55(41,15)16)33-25-35-44(48)64(45,62-63)59(53(9,10)11)50(60(64)54(12,13)14)40-30-21-18-22-31-40/h17-35H,1-16H3. The van der Waals surface area contributed by atoms with Gasteiger partial charge in [0, 0.05) is 0 Å². The zero-order chi connectivity index (χ0) is 46.1. The van der Waals surface area contributed by atoms with Gasteiger partial charge >= 0.3 is 384 Å². The summed E-state index contributed by atoms with van der Waals surface area (Å²) in [5, 5.41) is 2.21. The minimum atomic E-state index is -4.93. The van der Waals surface area contributed by atoms with E-state index < -0.39 is 38.0 Å². The Kier molecular flexibility index (Phi) is 8.34. The average Bonchev–Trinajstić information content (AvgIpc) is 3.16. The van der Waals surface area contributed by atoms with Crippen LogP contribution >= 0.6 is 0 Å². The van der Waals surface area contributed by atoms with Crippen molar-refractivity contribution in [1.29, 1.82) is 0 Å². The summed E-state index contributed by atoms with van der Waals surface area (Å²) in [6.45, 7) is 37.5. The van der Waals surface area contributed by atoms with E-state index in [0.29, 0.717) is 0 Å². The molecular weight excluding hydrogens is 819 g/mol. The van der Waals surface area contributed by atoms with Gasteiger partial charge in [0.05, 0.1) is 0 Å². The number of hydrogen-bond donors (Lipinski definition) is 0. The first-order chi connectivity index (χ1) is 29.8. The number of aryl methyl sites for hydroxylation is 2. The van der Waals surface area contributed by atoms with Crippen LogP contribution < -0.4 is 15.1 Å². The molecule has 64 heavy (non-hydrogen) atoms. The maximum atomic E-state index is 9.46. The molecule has 11 rings (SSSR count). The van der Waals surface area contributed by atoms with Crippen molar-refractivity contribution in [3.63, 3.8) is 0 Å². The minimum absolute atomic E-state index is 0.387. The molecule has 1 saturated heterocycles. The number of rotatable bonds is 3. The number of aliphatic imine (C=N–C) groups is 1. The van der Waals surface area contributed by atoms with E-state index in [9.17, 15) is 4.12 Å². The number of nitrogens with zero attached hydrogens (tertiary/aromatic N) is 5. The second kappa shape index (κ2) is 12.5. The molecule has 332 valence electrons. The van der Waals surface area contributed by atoms with Crippen molar-refractivity contribution in [3.05, 3.63) is 153 Å². The number of para-hydroxylation sites is 3. The summed E-state index contributed by atoms with van der Waals surface area (Å²) in [4.78, 5) is 6.92. The van der Waals surface area contributed by atoms with E-state index in [1.807, 2.05) is 0 Å². The molecule has 9 heteroatoms. The Morgan fingerprint density at radius 2 is 0.922 bits per heavy atom. The van der Waals surface area contributed by atoms with E-state index in [2.05, 4.69) is 250 Å². The van der Waals surface area contributed by atoms with Crippen LogP contribution in [0.4, 0.5) is 5.69 Å². The quantitative estimate of drug-likeness (QED) is 0.134. The zero-order valence-electron chi connectivity index (χ0n) is 41.0. The molecule has 0 aliphatic carbocycles. The van der Waals surface area contributed by atoms with E-state index in [4.69, 9.17) is 9.73 Å². The van der Waals surface area contributed by atoms with Gasteiger partial charge in [-0.05, 0) is 0 Å². The predicted octanol–water partition coefficient (Wildman–Crippen LogP) is 10.7. The number of hydrogen-bond acceptors (Lipinski definition) is 5. The fraction of sp³-hybridized carbons (Fsp3) is 0.382. The van der Waals surface area contributed by atoms with Crippen molar-refractivity contribution in [2.45, 2.75) is 138 Å². The predicted molar refractivity (Wildman–Crippen MR) is 268 cm³/mol. The van der Waals surface area contributed by atoms with E-state index >= 15 is 0 Å². The zero-order valence-corrected chi connectivity index (χ0v) is 43.0. The van der Waals surface area contributed by atoms with Crippen molar-refractivity contribution >= 4 is 49.4 Å². The molecule has 6 aliphatic heterocycles. The van der Waals surface area contributed by atoms with Crippen LogP contribution in [0.5, 0.6) is 11.5 Å². The number of amidine groups is 2. The van der Waals surface area contributed by atoms with Gasteiger partial charge in [-0.15, -0.1) is 0 Å². The molecule has 0 N–H and O–H groups in total. The van der Waals surface area contributed by atoms with Crippen molar-refractivity contribution in [3.8, 4) is 11.5 Å². The van der Waals surface area contributed by atoms with E-state index in [1.54, 1.807) is 0 Å². The van der Waals surface area contributed by atoms with Crippen LogP contribution in [0.2, 0.25) is 0 Å². The first kappa shape index (κ1) is 42.6.